The van der Waals surface area contributed by atoms with Crippen LogP contribution in [0.2, 0.25) is 0 Å². The third-order valence-corrected chi connectivity index (χ3v) is 3.71. The molecule has 1 saturated heterocycles. The van der Waals surface area contributed by atoms with Crippen LogP contribution < -0.4 is 5.32 Å². The summed E-state index contributed by atoms with van der Waals surface area (Å²) in [7, 11) is 0. The SMILES string of the molecule is CC(CCO)NC(=O)CSCC(=O)N1CCOCC1. The van der Waals surface area contributed by atoms with E-state index in [1.54, 1.807) is 4.90 Å². The van der Waals surface area contributed by atoms with Crippen molar-refractivity contribution in [2.45, 2.75) is 19.4 Å². The van der Waals surface area contributed by atoms with Crippen molar-refractivity contribution in [1.29, 1.82) is 0 Å². The molecule has 7 heteroatoms. The number of amides is 2. The fraction of sp³-hybridized carbons (Fsp3) is 0.833. The van der Waals surface area contributed by atoms with Crippen molar-refractivity contribution in [3.63, 3.8) is 0 Å². The number of hydrogen-bond donors (Lipinski definition) is 2. The Hall–Kier alpha value is -0.790. The molecule has 19 heavy (non-hydrogen) atoms. The Kier molecular flexibility index (Phi) is 7.85. The summed E-state index contributed by atoms with van der Waals surface area (Å²) in [4.78, 5) is 25.1. The van der Waals surface area contributed by atoms with Crippen LogP contribution in [0.3, 0.4) is 0 Å². The number of carbonyl (C=O) groups excluding carboxylic acids is 2. The number of morpholine rings is 1. The lowest BCUT2D eigenvalue weighted by molar-refractivity contribution is -0.132. The highest BCUT2D eigenvalue weighted by molar-refractivity contribution is 8.00. The zero-order chi connectivity index (χ0) is 14.1. The Morgan fingerprint density at radius 3 is 2.68 bits per heavy atom. The predicted octanol–water partition coefficient (Wildman–Crippen LogP) is -0.534. The molecule has 1 aliphatic heterocycles. The lowest BCUT2D eigenvalue weighted by Gasteiger charge is -2.26. The van der Waals surface area contributed by atoms with E-state index in [2.05, 4.69) is 5.32 Å². The van der Waals surface area contributed by atoms with E-state index in [0.717, 1.165) is 0 Å². The third-order valence-electron chi connectivity index (χ3n) is 2.79. The standard InChI is InChI=1S/C12H22N2O4S/c1-10(2-5-15)13-11(16)8-19-9-12(17)14-3-6-18-7-4-14/h10,15H,2-9H2,1H3,(H,13,16). The van der Waals surface area contributed by atoms with Crippen LogP contribution in [0.25, 0.3) is 0 Å². The number of rotatable bonds is 7. The van der Waals surface area contributed by atoms with Crippen LogP contribution in [0.4, 0.5) is 0 Å². The summed E-state index contributed by atoms with van der Waals surface area (Å²) < 4.78 is 5.17. The average Bonchev–Trinajstić information content (AvgIpc) is 2.39. The Labute approximate surface area is 117 Å². The fourth-order valence-electron chi connectivity index (χ4n) is 1.72. The average molecular weight is 290 g/mol. The van der Waals surface area contributed by atoms with Gasteiger partial charge in [0.05, 0.1) is 24.7 Å². The van der Waals surface area contributed by atoms with Gasteiger partial charge in [0, 0.05) is 25.7 Å². The minimum Gasteiger partial charge on any atom is -0.396 e. The van der Waals surface area contributed by atoms with E-state index in [1.807, 2.05) is 6.92 Å². The summed E-state index contributed by atoms with van der Waals surface area (Å²) in [6, 6.07) is -0.0342. The molecule has 0 spiro atoms. The molecule has 6 nitrogen and oxygen atoms in total. The number of hydrogen-bond acceptors (Lipinski definition) is 5. The van der Waals surface area contributed by atoms with Crippen molar-refractivity contribution >= 4 is 23.6 Å². The quantitative estimate of drug-likeness (QED) is 0.659. The van der Waals surface area contributed by atoms with Crippen molar-refractivity contribution in [3.8, 4) is 0 Å². The van der Waals surface area contributed by atoms with Crippen LogP contribution in [-0.4, -0.2) is 72.3 Å². The first-order valence-corrected chi connectivity index (χ1v) is 7.62. The summed E-state index contributed by atoms with van der Waals surface area (Å²) in [5.74, 6) is 0.554. The van der Waals surface area contributed by atoms with Gasteiger partial charge in [0.1, 0.15) is 0 Å². The Balaban J connectivity index is 2.11. The van der Waals surface area contributed by atoms with Gasteiger partial charge in [0.25, 0.3) is 0 Å². The van der Waals surface area contributed by atoms with Crippen LogP contribution >= 0.6 is 11.8 Å². The molecule has 0 aromatic heterocycles. The summed E-state index contributed by atoms with van der Waals surface area (Å²) in [5, 5.41) is 11.5. The van der Waals surface area contributed by atoms with Gasteiger partial charge in [0.15, 0.2) is 0 Å². The van der Waals surface area contributed by atoms with Crippen molar-refractivity contribution in [2.75, 3.05) is 44.4 Å². The lowest BCUT2D eigenvalue weighted by atomic mass is 10.2. The topological polar surface area (TPSA) is 78.9 Å². The molecular formula is C12H22N2O4S. The number of aliphatic hydroxyl groups excluding tert-OH is 1. The van der Waals surface area contributed by atoms with E-state index < -0.39 is 0 Å². The van der Waals surface area contributed by atoms with Gasteiger partial charge in [-0.1, -0.05) is 0 Å². The Morgan fingerprint density at radius 1 is 1.37 bits per heavy atom. The van der Waals surface area contributed by atoms with Crippen LogP contribution in [0.1, 0.15) is 13.3 Å². The Bertz CT molecular complexity index is 295. The number of carbonyl (C=O) groups is 2. The molecule has 1 unspecified atom stereocenters. The van der Waals surface area contributed by atoms with Crippen molar-refractivity contribution in [1.82, 2.24) is 10.2 Å². The second kappa shape index (κ2) is 9.17. The molecule has 0 aliphatic carbocycles. The molecule has 0 aromatic carbocycles. The molecule has 1 aliphatic rings. The number of ether oxygens (including phenoxy) is 1. The first-order chi connectivity index (χ1) is 9.13. The van der Waals surface area contributed by atoms with Gasteiger partial charge >= 0.3 is 0 Å². The smallest absolute Gasteiger partial charge is 0.232 e. The number of nitrogens with zero attached hydrogens (tertiary/aromatic N) is 1. The summed E-state index contributed by atoms with van der Waals surface area (Å²) in [6.45, 7) is 4.37. The number of nitrogens with one attached hydrogen (secondary N) is 1. The number of thioether (sulfide) groups is 1. The van der Waals surface area contributed by atoms with Gasteiger partial charge < -0.3 is 20.1 Å². The minimum absolute atomic E-state index is 0.0342. The van der Waals surface area contributed by atoms with Gasteiger partial charge in [-0.3, -0.25) is 9.59 Å². The summed E-state index contributed by atoms with van der Waals surface area (Å²) in [5.41, 5.74) is 0. The van der Waals surface area contributed by atoms with Gasteiger partial charge in [-0.05, 0) is 13.3 Å². The van der Waals surface area contributed by atoms with E-state index in [4.69, 9.17) is 9.84 Å². The predicted molar refractivity (Wildman–Crippen MR) is 74.0 cm³/mol. The first kappa shape index (κ1) is 16.3. The maximum Gasteiger partial charge on any atom is 0.232 e. The van der Waals surface area contributed by atoms with Crippen LogP contribution in [0, 0.1) is 0 Å². The van der Waals surface area contributed by atoms with Crippen LogP contribution in [-0.2, 0) is 14.3 Å². The highest BCUT2D eigenvalue weighted by atomic mass is 32.2. The van der Waals surface area contributed by atoms with Crippen LogP contribution in [0.15, 0.2) is 0 Å². The van der Waals surface area contributed by atoms with E-state index >= 15 is 0 Å². The normalized spacial score (nSPS) is 17.1. The molecule has 0 bridgehead atoms. The number of aliphatic hydroxyl groups is 1. The van der Waals surface area contributed by atoms with Gasteiger partial charge in [-0.15, -0.1) is 11.8 Å². The minimum atomic E-state index is -0.0965. The molecule has 1 rings (SSSR count). The molecule has 0 saturated carbocycles. The summed E-state index contributed by atoms with van der Waals surface area (Å²) in [6.07, 6.45) is 0.545. The van der Waals surface area contributed by atoms with Gasteiger partial charge in [0.2, 0.25) is 11.8 Å². The summed E-state index contributed by atoms with van der Waals surface area (Å²) >= 11 is 1.32. The van der Waals surface area contributed by atoms with Crippen molar-refractivity contribution in [3.05, 3.63) is 0 Å². The first-order valence-electron chi connectivity index (χ1n) is 6.47. The molecule has 1 heterocycles. The molecule has 1 atom stereocenters. The molecule has 2 N–H and O–H groups in total. The highest BCUT2D eigenvalue weighted by Gasteiger charge is 2.17. The third kappa shape index (κ3) is 6.79. The molecule has 1 fully saturated rings. The Morgan fingerprint density at radius 2 is 2.05 bits per heavy atom. The van der Waals surface area contributed by atoms with E-state index in [9.17, 15) is 9.59 Å². The second-order valence-electron chi connectivity index (χ2n) is 4.47. The highest BCUT2D eigenvalue weighted by Crippen LogP contribution is 2.05. The monoisotopic (exact) mass is 290 g/mol. The maximum absolute atomic E-state index is 11.8. The van der Waals surface area contributed by atoms with Crippen molar-refractivity contribution in [2.24, 2.45) is 0 Å². The fourth-order valence-corrected chi connectivity index (χ4v) is 2.45. The van der Waals surface area contributed by atoms with Gasteiger partial charge in [-0.25, -0.2) is 0 Å². The van der Waals surface area contributed by atoms with E-state index in [-0.39, 0.29) is 30.2 Å². The van der Waals surface area contributed by atoms with Crippen LogP contribution in [0.5, 0.6) is 0 Å². The van der Waals surface area contributed by atoms with Crippen molar-refractivity contribution < 1.29 is 19.4 Å². The molecule has 2 amide bonds. The van der Waals surface area contributed by atoms with E-state index in [0.29, 0.717) is 38.5 Å². The largest absolute Gasteiger partial charge is 0.396 e. The van der Waals surface area contributed by atoms with E-state index in [1.165, 1.54) is 11.8 Å². The molecular weight excluding hydrogens is 268 g/mol. The lowest BCUT2D eigenvalue weighted by Crippen LogP contribution is -2.42. The zero-order valence-electron chi connectivity index (χ0n) is 11.3. The maximum atomic E-state index is 11.8. The molecule has 0 radical (unpaired) electrons. The molecule has 0 aromatic rings. The second-order valence-corrected chi connectivity index (χ2v) is 5.45. The van der Waals surface area contributed by atoms with Gasteiger partial charge in [-0.2, -0.15) is 0 Å². The molecule has 110 valence electrons. The zero-order valence-corrected chi connectivity index (χ0v) is 12.1.